The van der Waals surface area contributed by atoms with Crippen LogP contribution in [-0.2, 0) is 0 Å². The Kier molecular flexibility index (Phi) is 5.88. The van der Waals surface area contributed by atoms with Gasteiger partial charge in [0, 0.05) is 0 Å². The van der Waals surface area contributed by atoms with Gasteiger partial charge >= 0.3 is 37.7 Å². The largest absolute Gasteiger partial charge is 2.00 e. The molecule has 6 heteroatoms. The summed E-state index contributed by atoms with van der Waals surface area (Å²) in [5, 5.41) is 0. The smallest absolute Gasteiger partial charge is 0.222 e. The third kappa shape index (κ3) is 53.8. The Hall–Kier alpha value is 1.39. The van der Waals surface area contributed by atoms with Crippen LogP contribution in [0.1, 0.15) is 0 Å². The molecule has 0 aliphatic carbocycles. The third-order valence-corrected chi connectivity index (χ3v) is 0. The molecule has 0 aromatic carbocycles. The van der Waals surface area contributed by atoms with Crippen LogP contribution >= 0.6 is 0 Å². The summed E-state index contributed by atoms with van der Waals surface area (Å²) >= 11 is 0. The van der Waals surface area contributed by atoms with Gasteiger partial charge in [0.05, 0.1) is 0 Å². The van der Waals surface area contributed by atoms with E-state index in [1.807, 2.05) is 0 Å². The molecule has 0 bridgehead atoms. The van der Waals surface area contributed by atoms with Crippen LogP contribution in [0.3, 0.4) is 0 Å². The maximum absolute atomic E-state index is 8.49. The van der Waals surface area contributed by atoms with Crippen molar-refractivity contribution in [2.75, 3.05) is 0 Å². The van der Waals surface area contributed by atoms with E-state index in [9.17, 15) is 0 Å². The minimum atomic E-state index is -4.94. The summed E-state index contributed by atoms with van der Waals surface area (Å²) < 4.78 is 34.0. The van der Waals surface area contributed by atoms with E-state index >= 15 is 0 Å². The quantitative estimate of drug-likeness (QED) is 0.314. The average molecular weight is 140 g/mol. The Labute approximate surface area is 66.1 Å². The first-order valence-electron chi connectivity index (χ1n) is 0.617. The van der Waals surface area contributed by atoms with E-state index in [1.165, 1.54) is 0 Å². The molecule has 0 amide bonds. The molecule has 0 fully saturated rings. The minimum absolute atomic E-state index is 0. The summed E-state index contributed by atoms with van der Waals surface area (Å²) in [6.07, 6.45) is 0. The minimum Gasteiger partial charge on any atom is -0.222 e. The fraction of sp³-hybridized carbons (Fsp3) is 0. The van der Waals surface area contributed by atoms with Crippen molar-refractivity contribution in [2.45, 2.75) is 0 Å². The Balaban J connectivity index is 0. The molecule has 0 heterocycles. The van der Waals surface area contributed by atoms with E-state index in [-0.39, 0.29) is 37.7 Å². The van der Waals surface area contributed by atoms with E-state index in [0.29, 0.717) is 0 Å². The summed E-state index contributed by atoms with van der Waals surface area (Å²) in [4.78, 5) is 0. The predicted molar refractivity (Wildman–Crippen MR) is 5.75 cm³/mol. The van der Waals surface area contributed by atoms with Gasteiger partial charge in [0.15, 0.2) is 0 Å². The van der Waals surface area contributed by atoms with Crippen molar-refractivity contribution in [2.24, 2.45) is 0 Å². The maximum Gasteiger partial charge on any atom is 2.00 e. The van der Waals surface area contributed by atoms with Crippen molar-refractivity contribution in [3.8, 4) is 0 Å². The van der Waals surface area contributed by atoms with Crippen molar-refractivity contribution < 1.29 is 28.9 Å². The molecule has 0 aromatic rings. The van der Waals surface area contributed by atoms with Gasteiger partial charge in [-0.3, -0.25) is 0 Å². The summed E-state index contributed by atoms with van der Waals surface area (Å²) in [6, 6.07) is 0. The molecule has 0 atom stereocenters. The molecule has 0 N–H and O–H groups in total. The number of hydrogen-bond acceptors (Lipinski definition) is 4. The van der Waals surface area contributed by atoms with E-state index in [0.717, 1.165) is 0 Å². The molecule has 0 spiro atoms. The van der Waals surface area contributed by atoms with Crippen LogP contribution in [0.15, 0.2) is 0 Å². The Morgan fingerprint density at radius 1 is 0.833 bits per heavy atom. The molecule has 4 nitrogen and oxygen atoms in total. The van der Waals surface area contributed by atoms with Crippen molar-refractivity contribution in [3.63, 3.8) is 0 Å². The average Bonchev–Trinajstić information content (AvgIpc) is 0.722. The predicted octanol–water partition coefficient (Wildman–Crippen LogP) is -5.14. The monoisotopic (exact) mass is 139 g/mol. The first-order chi connectivity index (χ1) is 2.00. The molecular formula is CaClO4+. The topological polar surface area (TPSA) is 92.2 Å². The van der Waals surface area contributed by atoms with Crippen molar-refractivity contribution in [1.29, 1.82) is 0 Å². The molecule has 32 valence electrons. The van der Waals surface area contributed by atoms with Crippen LogP contribution in [0.2, 0.25) is 0 Å². The fourth-order valence-electron chi connectivity index (χ4n) is 0. The third-order valence-electron chi connectivity index (χ3n) is 0. The van der Waals surface area contributed by atoms with Gasteiger partial charge in [-0.15, -0.1) is 10.2 Å². The van der Waals surface area contributed by atoms with E-state index in [4.69, 9.17) is 18.6 Å². The summed E-state index contributed by atoms with van der Waals surface area (Å²) in [7, 11) is -4.94. The molecule has 0 aromatic heterocycles. The second kappa shape index (κ2) is 3.40. The summed E-state index contributed by atoms with van der Waals surface area (Å²) in [5.74, 6) is 0. The Morgan fingerprint density at radius 3 is 0.833 bits per heavy atom. The summed E-state index contributed by atoms with van der Waals surface area (Å²) in [5.41, 5.74) is 0. The van der Waals surface area contributed by atoms with Gasteiger partial charge in [-0.1, -0.05) is 0 Å². The van der Waals surface area contributed by atoms with Gasteiger partial charge in [0.2, 0.25) is 0 Å². The molecule has 0 aliphatic heterocycles. The Bertz CT molecular complexity index is 23.0. The van der Waals surface area contributed by atoms with E-state index in [2.05, 4.69) is 0 Å². The molecule has 0 saturated heterocycles. The second-order valence-electron chi connectivity index (χ2n) is 0.378. The van der Waals surface area contributed by atoms with Crippen LogP contribution < -0.4 is 18.6 Å². The van der Waals surface area contributed by atoms with Gasteiger partial charge in [-0.25, -0.2) is 18.6 Å². The molecule has 6 heavy (non-hydrogen) atoms. The molecule has 0 aliphatic rings. The normalized spacial score (nSPS) is 10.0. The van der Waals surface area contributed by atoms with Gasteiger partial charge in [0.25, 0.3) is 0 Å². The van der Waals surface area contributed by atoms with Crippen LogP contribution in [0.25, 0.3) is 0 Å². The SMILES string of the molecule is [Ca+2].[O-][Cl+3]([O-])([O-])[O-]. The summed E-state index contributed by atoms with van der Waals surface area (Å²) in [6.45, 7) is 0. The van der Waals surface area contributed by atoms with Crippen LogP contribution in [-0.4, -0.2) is 37.7 Å². The van der Waals surface area contributed by atoms with Gasteiger partial charge in [-0.05, 0) is 0 Å². The van der Waals surface area contributed by atoms with Gasteiger partial charge in [0.1, 0.15) is 0 Å². The molecule has 0 saturated carbocycles. The molecule has 0 radical (unpaired) electrons. The fourth-order valence-corrected chi connectivity index (χ4v) is 0. The zero-order valence-electron chi connectivity index (χ0n) is 2.72. The number of rotatable bonds is 0. The standard InChI is InChI=1S/Ca.ClHO4/c;2-1(3,4)5/h;(H,2,3,4,5)/q+2;/p-1. The zero-order chi connectivity index (χ0) is 4.50. The van der Waals surface area contributed by atoms with Gasteiger partial charge < -0.3 is 0 Å². The van der Waals surface area contributed by atoms with Crippen molar-refractivity contribution in [1.82, 2.24) is 0 Å². The Morgan fingerprint density at radius 2 is 0.833 bits per heavy atom. The van der Waals surface area contributed by atoms with Gasteiger partial charge in [-0.2, -0.15) is 0 Å². The van der Waals surface area contributed by atoms with Crippen LogP contribution in [0.4, 0.5) is 0 Å². The molecular weight excluding hydrogens is 140 g/mol. The first-order valence-corrected chi connectivity index (χ1v) is 1.85. The zero-order valence-corrected chi connectivity index (χ0v) is 5.68. The number of halogens is 1. The maximum atomic E-state index is 8.49. The van der Waals surface area contributed by atoms with E-state index in [1.54, 1.807) is 0 Å². The first kappa shape index (κ1) is 10.4. The number of hydrogen-bond donors (Lipinski definition) is 0. The van der Waals surface area contributed by atoms with Crippen LogP contribution in [0, 0.1) is 10.2 Å². The van der Waals surface area contributed by atoms with E-state index < -0.39 is 10.2 Å². The van der Waals surface area contributed by atoms with Crippen molar-refractivity contribution >= 4 is 37.7 Å². The molecule has 0 unspecified atom stereocenters. The van der Waals surface area contributed by atoms with Crippen molar-refractivity contribution in [3.05, 3.63) is 0 Å². The second-order valence-corrected chi connectivity index (χ2v) is 1.13. The van der Waals surface area contributed by atoms with Crippen LogP contribution in [0.5, 0.6) is 0 Å². The molecule has 0 rings (SSSR count).